The summed E-state index contributed by atoms with van der Waals surface area (Å²) in [7, 11) is 1.42. The fraction of sp³-hybridized carbons (Fsp3) is 0.660. The van der Waals surface area contributed by atoms with Crippen molar-refractivity contribution in [2.75, 3.05) is 44.9 Å². The van der Waals surface area contributed by atoms with Crippen LogP contribution in [0.2, 0.25) is 0 Å². The first-order chi connectivity index (χ1) is 31.9. The second-order valence-electron chi connectivity index (χ2n) is 23.0. The molecule has 4 saturated carbocycles. The fourth-order valence-electron chi connectivity index (χ4n) is 13.0. The summed E-state index contributed by atoms with van der Waals surface area (Å²) in [5.74, 6) is -2.71. The highest BCUT2D eigenvalue weighted by molar-refractivity contribution is 6.01. The molecule has 9 atom stereocenters. The number of aliphatic hydroxyl groups excluding tert-OH is 1. The van der Waals surface area contributed by atoms with Crippen molar-refractivity contribution in [1.29, 1.82) is 0 Å². The van der Waals surface area contributed by atoms with E-state index in [1.807, 2.05) is 31.7 Å². The number of rotatable bonds is 12. The summed E-state index contributed by atoms with van der Waals surface area (Å²) in [6, 6.07) is 0.784. The number of hydrogen-bond donors (Lipinski definition) is 1. The number of piperazine rings is 1. The molecule has 0 spiro atoms. The topological polar surface area (TPSA) is 171 Å². The Morgan fingerprint density at radius 1 is 1.00 bits per heavy atom. The molecule has 1 N–H and O–H groups in total. The van der Waals surface area contributed by atoms with Gasteiger partial charge >= 0.3 is 18.0 Å². The van der Waals surface area contributed by atoms with E-state index in [9.17, 15) is 33.9 Å². The zero-order valence-electron chi connectivity index (χ0n) is 41.4. The molecular formula is C53H70FN3O11. The van der Waals surface area contributed by atoms with Crippen LogP contribution in [0.3, 0.4) is 0 Å². The van der Waals surface area contributed by atoms with Gasteiger partial charge in [-0.15, -0.1) is 0 Å². The minimum absolute atomic E-state index is 0.0102. The number of halogens is 1. The number of aliphatic hydroxyl groups is 1. The van der Waals surface area contributed by atoms with Gasteiger partial charge in [-0.05, 0) is 120 Å². The molecule has 1 amide bonds. The van der Waals surface area contributed by atoms with Crippen LogP contribution in [-0.2, 0) is 28.6 Å². The molecule has 1 saturated heterocycles. The lowest BCUT2D eigenvalue weighted by Gasteiger charge is -2.58. The summed E-state index contributed by atoms with van der Waals surface area (Å²) < 4.78 is 41.0. The van der Waals surface area contributed by atoms with Gasteiger partial charge in [-0.3, -0.25) is 19.2 Å². The van der Waals surface area contributed by atoms with Gasteiger partial charge in [-0.25, -0.2) is 14.0 Å². The number of methoxy groups -OCH3 is 1. The normalized spacial score (nSPS) is 29.6. The van der Waals surface area contributed by atoms with Crippen LogP contribution in [0.4, 0.5) is 14.9 Å². The molecule has 0 radical (unpaired) electrons. The van der Waals surface area contributed by atoms with Gasteiger partial charge in [-0.2, -0.15) is 0 Å². The number of benzene rings is 1. The number of amides is 1. The van der Waals surface area contributed by atoms with E-state index in [4.69, 9.17) is 18.9 Å². The van der Waals surface area contributed by atoms with E-state index in [0.717, 1.165) is 43.7 Å². The lowest BCUT2D eigenvalue weighted by Crippen LogP contribution is -2.56. The molecule has 5 aliphatic carbocycles. The number of Topliss-reactive ketones (excluding diaryl/α,β-unsaturated/α-hetero) is 1. The molecule has 14 nitrogen and oxygen atoms in total. The molecule has 1 aromatic heterocycles. The molecule has 15 heteroatoms. The number of carbonyl (C=O) groups excluding carboxylic acids is 5. The van der Waals surface area contributed by atoms with Crippen LogP contribution in [0.15, 0.2) is 40.9 Å². The van der Waals surface area contributed by atoms with Gasteiger partial charge in [0, 0.05) is 55.2 Å². The summed E-state index contributed by atoms with van der Waals surface area (Å²) in [6.45, 7) is 17.2. The monoisotopic (exact) mass is 943 g/mol. The van der Waals surface area contributed by atoms with E-state index in [1.165, 1.54) is 13.3 Å². The predicted octanol–water partition coefficient (Wildman–Crippen LogP) is 8.15. The second-order valence-corrected chi connectivity index (χ2v) is 23.0. The predicted molar refractivity (Wildman–Crippen MR) is 253 cm³/mol. The van der Waals surface area contributed by atoms with E-state index in [-0.39, 0.29) is 102 Å². The number of anilines is 1. The Labute approximate surface area is 398 Å². The van der Waals surface area contributed by atoms with Gasteiger partial charge in [0.05, 0.1) is 36.6 Å². The van der Waals surface area contributed by atoms with Gasteiger partial charge in [0.15, 0.2) is 23.1 Å². The maximum Gasteiger partial charge on any atom is 0.410 e. The molecular weight excluding hydrogens is 874 g/mol. The van der Waals surface area contributed by atoms with E-state index in [1.54, 1.807) is 49.3 Å². The summed E-state index contributed by atoms with van der Waals surface area (Å²) in [4.78, 5) is 83.7. The van der Waals surface area contributed by atoms with Crippen molar-refractivity contribution >= 4 is 46.2 Å². The Kier molecular flexibility index (Phi) is 13.1. The first kappa shape index (κ1) is 49.4. The standard InChI is InChI=1S/C53H70FN3O11/c1-29(47(62)66-27-41(60)38-16-15-37-34-14-11-31-21-33(58)17-18-52(31,8)42(34)40(59)24-53(37,38)9)23-51(6,7)28-67-48(63)36-26-57(32-12-13-32)43-35(45(36)61)22-39(54)44(46(43)65-10)55-19-20-56(30(2)25-55)49(64)68-50(3,4)5/h17-18,21-22,26,29-30,32,34,37-38,40,42,59H,11-16,19-20,23-25,27-28H2,1-10H3. The largest absolute Gasteiger partial charge is 0.492 e. The average Bonchev–Trinajstić information content (AvgIpc) is 4.04. The van der Waals surface area contributed by atoms with Crippen LogP contribution in [0.1, 0.15) is 130 Å². The maximum atomic E-state index is 16.3. The third-order valence-electron chi connectivity index (χ3n) is 16.2. The molecule has 0 bridgehead atoms. The van der Waals surface area contributed by atoms with Crippen LogP contribution < -0.4 is 15.1 Å². The molecule has 5 fully saturated rings. The van der Waals surface area contributed by atoms with E-state index in [2.05, 4.69) is 13.8 Å². The molecule has 2 heterocycles. The highest BCUT2D eigenvalue weighted by Gasteiger charge is 2.62. The summed E-state index contributed by atoms with van der Waals surface area (Å²) in [6.07, 6.45) is 11.2. The number of ether oxygens (including phenoxy) is 4. The van der Waals surface area contributed by atoms with E-state index in [0.29, 0.717) is 24.9 Å². The maximum absolute atomic E-state index is 16.3. The number of nitrogens with zero attached hydrogens (tertiary/aromatic N) is 3. The van der Waals surface area contributed by atoms with Crippen molar-refractivity contribution in [2.24, 2.45) is 45.8 Å². The fourth-order valence-corrected chi connectivity index (χ4v) is 13.0. The van der Waals surface area contributed by atoms with Crippen molar-refractivity contribution in [3.63, 3.8) is 0 Å². The summed E-state index contributed by atoms with van der Waals surface area (Å²) in [5, 5.41) is 11.7. The minimum Gasteiger partial charge on any atom is -0.492 e. The quantitative estimate of drug-likeness (QED) is 0.160. The molecule has 68 heavy (non-hydrogen) atoms. The van der Waals surface area contributed by atoms with E-state index >= 15 is 4.39 Å². The number of aromatic nitrogens is 1. The van der Waals surface area contributed by atoms with Crippen molar-refractivity contribution < 1.29 is 52.4 Å². The number of pyridine rings is 1. The van der Waals surface area contributed by atoms with Crippen LogP contribution in [0, 0.1) is 51.7 Å². The van der Waals surface area contributed by atoms with Gasteiger partial charge in [0.2, 0.25) is 5.43 Å². The highest BCUT2D eigenvalue weighted by atomic mass is 19.1. The molecule has 6 aliphatic rings. The van der Waals surface area contributed by atoms with E-state index < -0.39 is 63.1 Å². The number of hydrogen-bond acceptors (Lipinski definition) is 12. The average molecular weight is 944 g/mol. The zero-order valence-corrected chi connectivity index (χ0v) is 41.4. The lowest BCUT2D eigenvalue weighted by atomic mass is 9.46. The Morgan fingerprint density at radius 3 is 2.38 bits per heavy atom. The Balaban J connectivity index is 0.893. The van der Waals surface area contributed by atoms with Gasteiger partial charge in [0.1, 0.15) is 23.5 Å². The molecule has 9 unspecified atom stereocenters. The zero-order chi connectivity index (χ0) is 49.4. The van der Waals surface area contributed by atoms with Gasteiger partial charge in [-0.1, -0.05) is 46.3 Å². The third kappa shape index (κ3) is 9.12. The van der Waals surface area contributed by atoms with Crippen molar-refractivity contribution in [3.8, 4) is 5.75 Å². The van der Waals surface area contributed by atoms with Crippen LogP contribution >= 0.6 is 0 Å². The van der Waals surface area contributed by atoms with Crippen LogP contribution in [0.5, 0.6) is 5.75 Å². The Hall–Kier alpha value is -5.05. The van der Waals surface area contributed by atoms with Crippen LogP contribution in [0.25, 0.3) is 10.9 Å². The molecule has 8 rings (SSSR count). The minimum atomic E-state index is -0.872. The smallest absolute Gasteiger partial charge is 0.410 e. The molecule has 1 aromatic carbocycles. The van der Waals surface area contributed by atoms with Crippen LogP contribution in [-0.4, -0.2) is 102 Å². The number of allylic oxidation sites excluding steroid dienone is 4. The SMILES string of the molecule is COc1c(N2CCN(C(=O)OC(C)(C)C)C(C)C2)c(F)cc2c(=O)c(C(=O)OCC(C)(C)CC(C)C(=O)OCC(=O)C3CCC4C5CCC6=CC(=O)C=CC6(C)C5C(O)CC34C)cn(C3CC3)c12. The number of ketones is 2. The Morgan fingerprint density at radius 2 is 1.72 bits per heavy atom. The first-order valence-corrected chi connectivity index (χ1v) is 24.6. The van der Waals surface area contributed by atoms with Crippen molar-refractivity contribution in [3.05, 3.63) is 57.7 Å². The summed E-state index contributed by atoms with van der Waals surface area (Å²) >= 11 is 0. The highest BCUT2D eigenvalue weighted by Crippen LogP contribution is 2.66. The van der Waals surface area contributed by atoms with Crippen molar-refractivity contribution in [1.82, 2.24) is 9.47 Å². The van der Waals surface area contributed by atoms with Gasteiger partial charge < -0.3 is 38.4 Å². The number of fused-ring (bicyclic) bond motifs is 6. The number of carbonyl (C=O) groups is 5. The summed E-state index contributed by atoms with van der Waals surface area (Å²) in [5.41, 5.74) is -1.56. The van der Waals surface area contributed by atoms with Gasteiger partial charge in [0.25, 0.3) is 0 Å². The molecule has 2 aromatic rings. The third-order valence-corrected chi connectivity index (χ3v) is 16.2. The Bertz CT molecular complexity index is 2520. The molecule has 1 aliphatic heterocycles. The number of esters is 2. The molecule has 370 valence electrons. The van der Waals surface area contributed by atoms with Crippen molar-refractivity contribution in [2.45, 2.75) is 137 Å². The first-order valence-electron chi connectivity index (χ1n) is 24.6. The lowest BCUT2D eigenvalue weighted by molar-refractivity contribution is -0.157. The second kappa shape index (κ2) is 18.0.